The van der Waals surface area contributed by atoms with Crippen LogP contribution >= 0.6 is 0 Å². The number of Topliss-reactive ketones (excluding diaryl/α,β-unsaturated/α-hetero) is 1. The van der Waals surface area contributed by atoms with Crippen molar-refractivity contribution in [2.75, 3.05) is 0 Å². The highest BCUT2D eigenvalue weighted by atomic mass is 32.2. The van der Waals surface area contributed by atoms with Gasteiger partial charge in [0.25, 0.3) is 10.0 Å². The molecule has 5 heteroatoms. The van der Waals surface area contributed by atoms with Gasteiger partial charge in [0.05, 0.1) is 16.1 Å². The van der Waals surface area contributed by atoms with Gasteiger partial charge in [-0.15, -0.1) is 6.58 Å². The van der Waals surface area contributed by atoms with Gasteiger partial charge in [-0.3, -0.25) is 4.79 Å². The molecule has 0 saturated carbocycles. The summed E-state index contributed by atoms with van der Waals surface area (Å²) in [6.07, 6.45) is 1.91. The molecule has 0 radical (unpaired) electrons. The zero-order chi connectivity index (χ0) is 19.8. The van der Waals surface area contributed by atoms with Crippen molar-refractivity contribution in [2.45, 2.75) is 32.1 Å². The van der Waals surface area contributed by atoms with E-state index in [1.807, 2.05) is 26.8 Å². The molecule has 0 fully saturated rings. The van der Waals surface area contributed by atoms with Gasteiger partial charge in [-0.1, -0.05) is 63.2 Å². The summed E-state index contributed by atoms with van der Waals surface area (Å²) in [6.45, 7) is 9.28. The van der Waals surface area contributed by atoms with E-state index in [9.17, 15) is 13.2 Å². The van der Waals surface area contributed by atoms with Crippen molar-refractivity contribution >= 4 is 26.7 Å². The molecule has 4 nitrogen and oxygen atoms in total. The van der Waals surface area contributed by atoms with E-state index in [-0.39, 0.29) is 17.1 Å². The molecule has 1 heterocycles. The summed E-state index contributed by atoms with van der Waals surface area (Å²) < 4.78 is 28.2. The van der Waals surface area contributed by atoms with Gasteiger partial charge in [-0.25, -0.2) is 12.4 Å². The van der Waals surface area contributed by atoms with Gasteiger partial charge in [-0.05, 0) is 18.2 Å². The predicted molar refractivity (Wildman–Crippen MR) is 109 cm³/mol. The molecule has 3 aromatic rings. The first-order chi connectivity index (χ1) is 12.7. The molecule has 0 aliphatic rings. The quantitative estimate of drug-likeness (QED) is 0.469. The third-order valence-corrected chi connectivity index (χ3v) is 6.22. The molecule has 0 saturated heterocycles. The third kappa shape index (κ3) is 3.23. The molecule has 3 rings (SSSR count). The average molecular weight is 381 g/mol. The Hall–Kier alpha value is -2.66. The van der Waals surface area contributed by atoms with Crippen molar-refractivity contribution in [3.05, 3.63) is 78.5 Å². The molecule has 0 atom stereocenters. The highest BCUT2D eigenvalue weighted by molar-refractivity contribution is 7.90. The summed E-state index contributed by atoms with van der Waals surface area (Å²) in [5.41, 5.74) is 0.778. The fourth-order valence-electron chi connectivity index (χ4n) is 3.19. The maximum atomic E-state index is 13.4. The molecule has 0 spiro atoms. The van der Waals surface area contributed by atoms with Gasteiger partial charge in [0.15, 0.2) is 5.78 Å². The first kappa shape index (κ1) is 19.1. The first-order valence-corrected chi connectivity index (χ1v) is 10.2. The molecule has 0 unspecified atom stereocenters. The standard InChI is InChI=1S/C22H23NO3S/c1-5-11-19-20(21(24)22(2,3)4)17-14-9-10-15-18(17)23(19)27(25,26)16-12-7-6-8-13-16/h5-10,12-15H,1,11H2,2-4H3. The van der Waals surface area contributed by atoms with Crippen LogP contribution in [0.5, 0.6) is 0 Å². The largest absolute Gasteiger partial charge is 0.293 e. The minimum absolute atomic E-state index is 0.0856. The molecule has 2 aromatic carbocycles. The lowest BCUT2D eigenvalue weighted by Crippen LogP contribution is -2.23. The zero-order valence-corrected chi connectivity index (χ0v) is 16.6. The normalized spacial score (nSPS) is 12.3. The van der Waals surface area contributed by atoms with Gasteiger partial charge in [0, 0.05) is 22.8 Å². The number of ketones is 1. The minimum Gasteiger partial charge on any atom is -0.293 e. The Morgan fingerprint density at radius 3 is 2.22 bits per heavy atom. The molecule has 0 amide bonds. The summed E-state index contributed by atoms with van der Waals surface area (Å²) in [5.74, 6) is -0.0856. The lowest BCUT2D eigenvalue weighted by molar-refractivity contribution is 0.0859. The summed E-state index contributed by atoms with van der Waals surface area (Å²) in [7, 11) is -3.86. The van der Waals surface area contributed by atoms with E-state index in [0.717, 1.165) is 0 Å². The number of allylic oxidation sites excluding steroid dienone is 1. The van der Waals surface area contributed by atoms with E-state index < -0.39 is 15.4 Å². The van der Waals surface area contributed by atoms with Crippen molar-refractivity contribution < 1.29 is 13.2 Å². The molecule has 0 aliphatic heterocycles. The Kier molecular flexibility index (Phi) is 4.82. The monoisotopic (exact) mass is 381 g/mol. The van der Waals surface area contributed by atoms with Crippen molar-refractivity contribution in [2.24, 2.45) is 5.41 Å². The molecule has 0 bridgehead atoms. The Morgan fingerprint density at radius 2 is 1.63 bits per heavy atom. The van der Waals surface area contributed by atoms with Gasteiger partial charge < -0.3 is 0 Å². The van der Waals surface area contributed by atoms with Crippen molar-refractivity contribution in [1.82, 2.24) is 3.97 Å². The summed E-state index contributed by atoms with van der Waals surface area (Å²) in [5, 5.41) is 0.647. The van der Waals surface area contributed by atoms with Crippen LogP contribution in [0, 0.1) is 5.41 Å². The van der Waals surface area contributed by atoms with Crippen molar-refractivity contribution in [1.29, 1.82) is 0 Å². The molecular weight excluding hydrogens is 358 g/mol. The SMILES string of the molecule is C=CCc1c(C(=O)C(C)(C)C)c2ccccc2n1S(=O)(=O)c1ccccc1. The fraction of sp³-hybridized carbons (Fsp3) is 0.227. The summed E-state index contributed by atoms with van der Waals surface area (Å²) in [6, 6.07) is 15.4. The van der Waals surface area contributed by atoms with Crippen LogP contribution < -0.4 is 0 Å². The topological polar surface area (TPSA) is 56.1 Å². The van der Waals surface area contributed by atoms with Gasteiger partial charge in [-0.2, -0.15) is 0 Å². The minimum atomic E-state index is -3.86. The van der Waals surface area contributed by atoms with E-state index in [1.165, 1.54) is 3.97 Å². The second-order valence-corrected chi connectivity index (χ2v) is 9.28. The van der Waals surface area contributed by atoms with Crippen molar-refractivity contribution in [3.8, 4) is 0 Å². The van der Waals surface area contributed by atoms with Crippen LogP contribution in [0.15, 0.2) is 72.1 Å². The summed E-state index contributed by atoms with van der Waals surface area (Å²) >= 11 is 0. The number of para-hydroxylation sites is 1. The van der Waals surface area contributed by atoms with E-state index in [1.54, 1.807) is 54.6 Å². The smallest absolute Gasteiger partial charge is 0.268 e. The third-order valence-electron chi connectivity index (χ3n) is 4.45. The van der Waals surface area contributed by atoms with E-state index in [0.29, 0.717) is 22.2 Å². The highest BCUT2D eigenvalue weighted by Crippen LogP contribution is 2.35. The van der Waals surface area contributed by atoms with E-state index >= 15 is 0 Å². The Labute approximate surface area is 160 Å². The Bertz CT molecular complexity index is 1120. The Balaban J connectivity index is 2.45. The van der Waals surface area contributed by atoms with Crippen LogP contribution in [0.3, 0.4) is 0 Å². The van der Waals surface area contributed by atoms with Crippen molar-refractivity contribution in [3.63, 3.8) is 0 Å². The molecule has 27 heavy (non-hydrogen) atoms. The number of carbonyl (C=O) groups excluding carboxylic acids is 1. The van der Waals surface area contributed by atoms with Crippen LogP contribution in [-0.2, 0) is 16.4 Å². The highest BCUT2D eigenvalue weighted by Gasteiger charge is 2.33. The number of carbonyl (C=O) groups is 1. The number of benzene rings is 2. The molecular formula is C22H23NO3S. The number of hydrogen-bond acceptors (Lipinski definition) is 3. The fourth-order valence-corrected chi connectivity index (χ4v) is 4.77. The first-order valence-electron chi connectivity index (χ1n) is 8.78. The maximum absolute atomic E-state index is 13.4. The number of nitrogens with zero attached hydrogens (tertiary/aromatic N) is 1. The predicted octanol–water partition coefficient (Wildman–Crippen LogP) is 4.84. The van der Waals surface area contributed by atoms with Crippen LogP contribution in [0.2, 0.25) is 0 Å². The summed E-state index contributed by atoms with van der Waals surface area (Å²) in [4.78, 5) is 13.4. The van der Waals surface area contributed by atoms with Crippen LogP contribution in [0.1, 0.15) is 36.8 Å². The van der Waals surface area contributed by atoms with E-state index in [2.05, 4.69) is 6.58 Å². The number of fused-ring (bicyclic) bond motifs is 1. The molecule has 0 aliphatic carbocycles. The average Bonchev–Trinajstić information content (AvgIpc) is 2.95. The van der Waals surface area contributed by atoms with Crippen LogP contribution in [0.4, 0.5) is 0 Å². The Morgan fingerprint density at radius 1 is 1.04 bits per heavy atom. The zero-order valence-electron chi connectivity index (χ0n) is 15.8. The lowest BCUT2D eigenvalue weighted by atomic mass is 9.85. The van der Waals surface area contributed by atoms with Gasteiger partial charge in [0.1, 0.15) is 0 Å². The van der Waals surface area contributed by atoms with E-state index in [4.69, 9.17) is 0 Å². The number of rotatable bonds is 5. The molecule has 1 aromatic heterocycles. The van der Waals surface area contributed by atoms with Gasteiger partial charge in [0.2, 0.25) is 0 Å². The molecule has 140 valence electrons. The van der Waals surface area contributed by atoms with Gasteiger partial charge >= 0.3 is 0 Å². The number of aromatic nitrogens is 1. The van der Waals surface area contributed by atoms with Crippen LogP contribution in [-0.4, -0.2) is 18.2 Å². The number of hydrogen-bond donors (Lipinski definition) is 0. The van der Waals surface area contributed by atoms with Crippen LogP contribution in [0.25, 0.3) is 10.9 Å². The maximum Gasteiger partial charge on any atom is 0.268 e. The molecule has 0 N–H and O–H groups in total. The lowest BCUT2D eigenvalue weighted by Gasteiger charge is -2.18. The second kappa shape index (κ2) is 6.82. The second-order valence-electron chi connectivity index (χ2n) is 7.49.